The second-order valence-corrected chi connectivity index (χ2v) is 5.93. The summed E-state index contributed by atoms with van der Waals surface area (Å²) < 4.78 is 2.79. The number of aromatic carboxylic acids is 1. The lowest BCUT2D eigenvalue weighted by atomic mass is 10.1. The maximum atomic E-state index is 11.3. The Balaban J connectivity index is 2.17. The fraction of sp³-hybridized carbons (Fsp3) is 0.214. The van der Waals surface area contributed by atoms with E-state index in [-0.39, 0.29) is 0 Å². The Morgan fingerprint density at radius 3 is 2.63 bits per heavy atom. The summed E-state index contributed by atoms with van der Waals surface area (Å²) in [6.07, 6.45) is 2.07. The number of halogens is 2. The molecule has 1 aliphatic carbocycles. The van der Waals surface area contributed by atoms with Crippen LogP contribution in [0.4, 0.5) is 0 Å². The van der Waals surface area contributed by atoms with Gasteiger partial charge in [0.05, 0.1) is 5.69 Å². The van der Waals surface area contributed by atoms with E-state index >= 15 is 0 Å². The van der Waals surface area contributed by atoms with Gasteiger partial charge in [-0.1, -0.05) is 33.6 Å². The molecule has 1 aromatic carbocycles. The number of carboxylic acid groups (broad SMARTS) is 1. The largest absolute Gasteiger partial charge is 0.477 e. The van der Waals surface area contributed by atoms with Gasteiger partial charge in [0.1, 0.15) is 5.69 Å². The second-order valence-electron chi connectivity index (χ2n) is 4.63. The maximum Gasteiger partial charge on any atom is 0.352 e. The molecule has 1 aromatic heterocycles. The summed E-state index contributed by atoms with van der Waals surface area (Å²) in [7, 11) is 0. The molecule has 2 aromatic rings. The molecule has 3 nitrogen and oxygen atoms in total. The van der Waals surface area contributed by atoms with Crippen LogP contribution < -0.4 is 0 Å². The van der Waals surface area contributed by atoms with Gasteiger partial charge in [-0.2, -0.15) is 0 Å². The van der Waals surface area contributed by atoms with Gasteiger partial charge >= 0.3 is 5.97 Å². The number of carbonyl (C=O) groups is 1. The van der Waals surface area contributed by atoms with Crippen LogP contribution in [0.2, 0.25) is 5.02 Å². The van der Waals surface area contributed by atoms with E-state index in [4.69, 9.17) is 11.6 Å². The Morgan fingerprint density at radius 1 is 1.32 bits per heavy atom. The summed E-state index contributed by atoms with van der Waals surface area (Å²) in [5.74, 6) is -0.886. The molecule has 0 unspecified atom stereocenters. The van der Waals surface area contributed by atoms with Gasteiger partial charge in [-0.25, -0.2) is 4.79 Å². The van der Waals surface area contributed by atoms with Crippen LogP contribution in [-0.4, -0.2) is 15.6 Å². The van der Waals surface area contributed by atoms with E-state index in [1.165, 1.54) is 0 Å². The summed E-state index contributed by atoms with van der Waals surface area (Å²) in [4.78, 5) is 11.3. The molecule has 0 bridgehead atoms. The van der Waals surface area contributed by atoms with Crippen LogP contribution in [0, 0.1) is 0 Å². The average Bonchev–Trinajstić information content (AvgIpc) is 3.08. The number of aromatic nitrogens is 1. The first-order valence-electron chi connectivity index (χ1n) is 5.98. The molecule has 0 saturated heterocycles. The average molecular weight is 341 g/mol. The number of hydrogen-bond donors (Lipinski definition) is 1. The minimum atomic E-state index is -0.886. The highest BCUT2D eigenvalue weighted by Crippen LogP contribution is 2.42. The molecular formula is C14H11BrClNO2. The van der Waals surface area contributed by atoms with Crippen LogP contribution in [0.5, 0.6) is 0 Å². The molecule has 5 heteroatoms. The van der Waals surface area contributed by atoms with Crippen molar-refractivity contribution in [2.75, 3.05) is 0 Å². The summed E-state index contributed by atoms with van der Waals surface area (Å²) in [6, 6.07) is 9.37. The van der Waals surface area contributed by atoms with Gasteiger partial charge < -0.3 is 9.67 Å². The number of benzene rings is 1. The molecule has 98 valence electrons. The minimum absolute atomic E-state index is 0.304. The zero-order valence-electron chi connectivity index (χ0n) is 9.94. The lowest BCUT2D eigenvalue weighted by Crippen LogP contribution is -2.08. The van der Waals surface area contributed by atoms with Crippen LogP contribution in [-0.2, 0) is 0 Å². The minimum Gasteiger partial charge on any atom is -0.477 e. The van der Waals surface area contributed by atoms with Gasteiger partial charge in [0.2, 0.25) is 0 Å². The molecule has 3 rings (SSSR count). The van der Waals surface area contributed by atoms with Crippen molar-refractivity contribution < 1.29 is 9.90 Å². The zero-order chi connectivity index (χ0) is 13.6. The topological polar surface area (TPSA) is 42.2 Å². The number of rotatable bonds is 3. The van der Waals surface area contributed by atoms with Gasteiger partial charge in [-0.15, -0.1) is 0 Å². The van der Waals surface area contributed by atoms with Crippen molar-refractivity contribution in [3.63, 3.8) is 0 Å². The third-order valence-electron chi connectivity index (χ3n) is 3.26. The number of carboxylic acids is 1. The second kappa shape index (κ2) is 4.69. The third kappa shape index (κ3) is 2.30. The molecule has 19 heavy (non-hydrogen) atoms. The van der Waals surface area contributed by atoms with Gasteiger partial charge in [-0.3, -0.25) is 0 Å². The molecule has 1 fully saturated rings. The van der Waals surface area contributed by atoms with E-state index in [2.05, 4.69) is 15.9 Å². The molecule has 0 amide bonds. The van der Waals surface area contributed by atoms with Gasteiger partial charge in [0, 0.05) is 21.1 Å². The van der Waals surface area contributed by atoms with Crippen LogP contribution in [0.1, 0.15) is 29.4 Å². The molecule has 0 aliphatic heterocycles. The fourth-order valence-corrected chi connectivity index (χ4v) is 3.15. The van der Waals surface area contributed by atoms with E-state index in [1.807, 2.05) is 28.8 Å². The summed E-state index contributed by atoms with van der Waals surface area (Å²) >= 11 is 9.43. The van der Waals surface area contributed by atoms with Gasteiger partial charge in [0.15, 0.2) is 0 Å². The van der Waals surface area contributed by atoms with Crippen molar-refractivity contribution in [3.8, 4) is 11.3 Å². The van der Waals surface area contributed by atoms with Crippen LogP contribution in [0.3, 0.4) is 0 Å². The molecule has 0 radical (unpaired) electrons. The Kier molecular flexibility index (Phi) is 3.15. The molecule has 1 heterocycles. The van der Waals surface area contributed by atoms with Gasteiger partial charge in [-0.05, 0) is 37.1 Å². The standard InChI is InChI=1S/C14H11BrClNO2/c15-11-7-8(16)1-4-10(11)12-5-6-13(14(18)19)17(12)9-2-3-9/h1,4-7,9H,2-3H2,(H,18,19). The maximum absolute atomic E-state index is 11.3. The van der Waals surface area contributed by atoms with Crippen molar-refractivity contribution in [1.82, 2.24) is 4.57 Å². The SMILES string of the molecule is O=C(O)c1ccc(-c2ccc(Cl)cc2Br)n1C1CC1. The van der Waals surface area contributed by atoms with Crippen LogP contribution in [0.25, 0.3) is 11.3 Å². The quantitative estimate of drug-likeness (QED) is 0.887. The Bertz CT molecular complexity index is 661. The van der Waals surface area contributed by atoms with Crippen molar-refractivity contribution in [1.29, 1.82) is 0 Å². The monoisotopic (exact) mass is 339 g/mol. The van der Waals surface area contributed by atoms with Crippen LogP contribution >= 0.6 is 27.5 Å². The molecule has 1 aliphatic rings. The summed E-state index contributed by atoms with van der Waals surface area (Å²) in [6.45, 7) is 0. The molecule has 0 spiro atoms. The molecule has 0 atom stereocenters. The third-order valence-corrected chi connectivity index (χ3v) is 4.15. The van der Waals surface area contributed by atoms with Gasteiger partial charge in [0.25, 0.3) is 0 Å². The summed E-state index contributed by atoms with van der Waals surface area (Å²) in [5.41, 5.74) is 2.23. The van der Waals surface area contributed by atoms with E-state index in [0.29, 0.717) is 16.8 Å². The van der Waals surface area contributed by atoms with Crippen molar-refractivity contribution in [3.05, 3.63) is 45.5 Å². The van der Waals surface area contributed by atoms with E-state index in [0.717, 1.165) is 28.6 Å². The van der Waals surface area contributed by atoms with Crippen molar-refractivity contribution >= 4 is 33.5 Å². The predicted molar refractivity (Wildman–Crippen MR) is 77.8 cm³/mol. The lowest BCUT2D eigenvalue weighted by Gasteiger charge is -2.12. The Morgan fingerprint density at radius 2 is 2.05 bits per heavy atom. The first-order chi connectivity index (χ1) is 9.08. The summed E-state index contributed by atoms with van der Waals surface area (Å²) in [5, 5.41) is 9.91. The van der Waals surface area contributed by atoms with E-state index in [1.54, 1.807) is 6.07 Å². The highest BCUT2D eigenvalue weighted by atomic mass is 79.9. The lowest BCUT2D eigenvalue weighted by molar-refractivity contribution is 0.0685. The highest BCUT2D eigenvalue weighted by Gasteiger charge is 2.30. The Hall–Kier alpha value is -1.26. The molecule has 1 N–H and O–H groups in total. The molecular weight excluding hydrogens is 330 g/mol. The van der Waals surface area contributed by atoms with Crippen molar-refractivity contribution in [2.24, 2.45) is 0 Å². The zero-order valence-corrected chi connectivity index (χ0v) is 12.3. The Labute approximate surface area is 123 Å². The predicted octanol–water partition coefficient (Wildman–Crippen LogP) is 4.60. The number of nitrogens with zero attached hydrogens (tertiary/aromatic N) is 1. The number of hydrogen-bond acceptors (Lipinski definition) is 1. The molecule has 1 saturated carbocycles. The van der Waals surface area contributed by atoms with E-state index < -0.39 is 5.97 Å². The smallest absolute Gasteiger partial charge is 0.352 e. The van der Waals surface area contributed by atoms with Crippen molar-refractivity contribution in [2.45, 2.75) is 18.9 Å². The first kappa shape index (κ1) is 12.8. The van der Waals surface area contributed by atoms with Crippen LogP contribution in [0.15, 0.2) is 34.8 Å². The fourth-order valence-electron chi connectivity index (χ4n) is 2.27. The van der Waals surface area contributed by atoms with E-state index in [9.17, 15) is 9.90 Å². The first-order valence-corrected chi connectivity index (χ1v) is 7.15. The normalized spacial score (nSPS) is 14.6. The highest BCUT2D eigenvalue weighted by molar-refractivity contribution is 9.10.